The van der Waals surface area contributed by atoms with E-state index >= 15 is 0 Å². The number of fused-ring (bicyclic) bond motifs is 1. The molecule has 3 aromatic rings. The topological polar surface area (TPSA) is 458 Å². The van der Waals surface area contributed by atoms with Gasteiger partial charge in [0.15, 0.2) is 11.9 Å². The van der Waals surface area contributed by atoms with Crippen LogP contribution in [0.5, 0.6) is 5.75 Å². The zero-order chi connectivity index (χ0) is 58.8. The van der Waals surface area contributed by atoms with Gasteiger partial charge in [-0.15, -0.1) is 0 Å². The molecule has 0 radical (unpaired) electrons. The summed E-state index contributed by atoms with van der Waals surface area (Å²) in [4.78, 5) is 122. The van der Waals surface area contributed by atoms with Crippen LogP contribution in [0.2, 0.25) is 0 Å². The monoisotopic (exact) mass is 1100 g/mol. The highest BCUT2D eigenvalue weighted by Gasteiger charge is 2.35. The number of amides is 7. The van der Waals surface area contributed by atoms with Crippen molar-refractivity contribution < 1.29 is 48.6 Å². The van der Waals surface area contributed by atoms with Crippen LogP contribution in [0.15, 0.2) is 64.7 Å². The number of phenols is 1. The van der Waals surface area contributed by atoms with Gasteiger partial charge in [-0.1, -0.05) is 58.0 Å². The number of carboxylic acid groups (broad SMARTS) is 1. The second kappa shape index (κ2) is 33.3. The molecule has 436 valence electrons. The number of carbonyl (C=O) groups is 8. The fourth-order valence-electron chi connectivity index (χ4n) is 8.44. The molecule has 0 aliphatic heterocycles. The number of aromatic amines is 1. The number of H-pyrrole nitrogens is 1. The SMILES string of the molecule is CC(C)C[C@H](NC(=O)[C@H](Cc1c[nH]c2ccccc12)NC(=O)[C@H](C)N)C(=O)N[C@@H](Cc1ccc(O)cc1)C(=O)N[C@@H](CC(C)C)C(=O)N[C@@H](CCCN=C(N)N)C(=O)N[C@@H](CCCCN)C(=O)N[C@@H](CCCN=C(N)N)C(=O)O. The lowest BCUT2D eigenvalue weighted by Crippen LogP contribution is -2.60. The molecule has 1 heterocycles. The van der Waals surface area contributed by atoms with Crippen molar-refractivity contribution in [2.75, 3.05) is 19.6 Å². The molecule has 8 atom stereocenters. The molecule has 0 saturated carbocycles. The molecule has 7 amide bonds. The summed E-state index contributed by atoms with van der Waals surface area (Å²) in [5.41, 5.74) is 35.5. The van der Waals surface area contributed by atoms with Gasteiger partial charge in [-0.25, -0.2) is 4.79 Å². The van der Waals surface area contributed by atoms with Crippen molar-refractivity contribution in [2.24, 2.45) is 56.2 Å². The van der Waals surface area contributed by atoms with Gasteiger partial charge in [-0.05, 0) is 112 Å². The highest BCUT2D eigenvalue weighted by atomic mass is 16.4. The van der Waals surface area contributed by atoms with Crippen molar-refractivity contribution in [1.29, 1.82) is 0 Å². The number of carboxylic acids is 1. The van der Waals surface area contributed by atoms with Crippen LogP contribution < -0.4 is 71.6 Å². The van der Waals surface area contributed by atoms with Crippen molar-refractivity contribution in [3.8, 4) is 5.75 Å². The summed E-state index contributed by atoms with van der Waals surface area (Å²) in [6, 6.07) is 3.28. The van der Waals surface area contributed by atoms with E-state index in [0.29, 0.717) is 18.4 Å². The number of rotatable bonds is 35. The van der Waals surface area contributed by atoms with Crippen LogP contribution in [0.1, 0.15) is 104 Å². The number of nitrogens with one attached hydrogen (secondary N) is 8. The quantitative estimate of drug-likeness (QED) is 0.0187. The van der Waals surface area contributed by atoms with E-state index in [9.17, 15) is 48.6 Å². The maximum Gasteiger partial charge on any atom is 0.326 e. The average Bonchev–Trinajstić information content (AvgIpc) is 3.79. The fourth-order valence-corrected chi connectivity index (χ4v) is 8.44. The van der Waals surface area contributed by atoms with Gasteiger partial charge >= 0.3 is 5.97 Å². The van der Waals surface area contributed by atoms with Gasteiger partial charge in [0.25, 0.3) is 0 Å². The minimum absolute atomic E-state index is 0.0359. The first-order valence-corrected chi connectivity index (χ1v) is 26.6. The Morgan fingerprint density at radius 1 is 0.532 bits per heavy atom. The number of para-hydroxylation sites is 1. The number of aliphatic imine (C=N–C) groups is 2. The number of benzene rings is 2. The number of carbonyl (C=O) groups excluding carboxylic acids is 7. The van der Waals surface area contributed by atoms with Crippen LogP contribution in [0.25, 0.3) is 10.9 Å². The lowest BCUT2D eigenvalue weighted by molar-refractivity contribution is -0.142. The maximum atomic E-state index is 14.6. The van der Waals surface area contributed by atoms with Gasteiger partial charge in [0.2, 0.25) is 41.4 Å². The molecule has 0 aliphatic carbocycles. The van der Waals surface area contributed by atoms with Crippen molar-refractivity contribution in [3.63, 3.8) is 0 Å². The number of aromatic hydroxyl groups is 1. The molecule has 0 bridgehead atoms. The van der Waals surface area contributed by atoms with Crippen LogP contribution >= 0.6 is 0 Å². The molecule has 0 unspecified atom stereocenters. The van der Waals surface area contributed by atoms with E-state index in [2.05, 4.69) is 52.2 Å². The predicted octanol–water partition coefficient (Wildman–Crippen LogP) is -1.19. The third kappa shape index (κ3) is 23.6. The Kier molecular flexibility index (Phi) is 27.5. The molecule has 0 fully saturated rings. The molecule has 26 nitrogen and oxygen atoms in total. The molecule has 3 rings (SSSR count). The third-order valence-electron chi connectivity index (χ3n) is 12.6. The molecule has 2 aromatic carbocycles. The van der Waals surface area contributed by atoms with E-state index in [1.165, 1.54) is 19.1 Å². The van der Waals surface area contributed by atoms with Gasteiger partial charge in [0.05, 0.1) is 6.04 Å². The first-order valence-electron chi connectivity index (χ1n) is 26.6. The first kappa shape index (κ1) is 65.3. The number of hydrogen-bond acceptors (Lipinski definition) is 13. The average molecular weight is 1110 g/mol. The molecule has 1 aromatic heterocycles. The highest BCUT2D eigenvalue weighted by molar-refractivity contribution is 5.98. The van der Waals surface area contributed by atoms with E-state index in [1.807, 2.05) is 38.1 Å². The zero-order valence-electron chi connectivity index (χ0n) is 45.9. The van der Waals surface area contributed by atoms with E-state index in [-0.39, 0.29) is 107 Å². The second-order valence-corrected chi connectivity index (χ2v) is 20.4. The van der Waals surface area contributed by atoms with Gasteiger partial charge in [0.1, 0.15) is 48.0 Å². The molecule has 79 heavy (non-hydrogen) atoms. The number of nitrogens with two attached hydrogens (primary N) is 6. The van der Waals surface area contributed by atoms with Gasteiger partial charge in [0, 0.05) is 43.0 Å². The Balaban J connectivity index is 1.97. The summed E-state index contributed by atoms with van der Waals surface area (Å²) in [5.74, 6) is -7.42. The predicted molar refractivity (Wildman–Crippen MR) is 300 cm³/mol. The van der Waals surface area contributed by atoms with Crippen LogP contribution in [0.4, 0.5) is 0 Å². The van der Waals surface area contributed by atoms with Crippen LogP contribution in [-0.4, -0.2) is 142 Å². The van der Waals surface area contributed by atoms with Crippen molar-refractivity contribution in [2.45, 2.75) is 154 Å². The Morgan fingerprint density at radius 3 is 1.43 bits per heavy atom. The minimum atomic E-state index is -1.39. The Hall–Kier alpha value is -8.00. The number of phenolic OH excluding ortho intramolecular Hbond substituents is 1. The van der Waals surface area contributed by atoms with E-state index in [4.69, 9.17) is 34.4 Å². The largest absolute Gasteiger partial charge is 0.508 e. The molecule has 0 aliphatic rings. The summed E-state index contributed by atoms with van der Waals surface area (Å²) < 4.78 is 0. The van der Waals surface area contributed by atoms with Gasteiger partial charge < -0.3 is 86.8 Å². The molecule has 26 heteroatoms. The van der Waals surface area contributed by atoms with E-state index in [0.717, 1.165) is 16.5 Å². The Bertz CT molecular complexity index is 2540. The summed E-state index contributed by atoms with van der Waals surface area (Å²) in [6.07, 6.45) is 2.94. The zero-order valence-corrected chi connectivity index (χ0v) is 45.9. The van der Waals surface area contributed by atoms with E-state index < -0.39 is 95.7 Å². The molecular formula is C53H84N16O10. The van der Waals surface area contributed by atoms with E-state index in [1.54, 1.807) is 32.2 Å². The Morgan fingerprint density at radius 2 is 0.949 bits per heavy atom. The molecule has 22 N–H and O–H groups in total. The molecule has 0 spiro atoms. The number of nitrogens with zero attached hydrogens (tertiary/aromatic N) is 2. The summed E-state index contributed by atoms with van der Waals surface area (Å²) in [5, 5.41) is 39.8. The van der Waals surface area contributed by atoms with Crippen LogP contribution in [0.3, 0.4) is 0 Å². The summed E-state index contributed by atoms with van der Waals surface area (Å²) >= 11 is 0. The lowest BCUT2D eigenvalue weighted by atomic mass is 9.98. The van der Waals surface area contributed by atoms with Crippen molar-refractivity contribution in [1.82, 2.24) is 42.2 Å². The number of hydrogen-bond donors (Lipinski definition) is 16. The number of guanidine groups is 2. The first-order chi connectivity index (χ1) is 37.4. The summed E-state index contributed by atoms with van der Waals surface area (Å²) in [7, 11) is 0. The lowest BCUT2D eigenvalue weighted by Gasteiger charge is -2.29. The maximum absolute atomic E-state index is 14.6. The minimum Gasteiger partial charge on any atom is -0.508 e. The highest BCUT2D eigenvalue weighted by Crippen LogP contribution is 2.20. The summed E-state index contributed by atoms with van der Waals surface area (Å²) in [6.45, 7) is 9.19. The van der Waals surface area contributed by atoms with Crippen molar-refractivity contribution in [3.05, 3.63) is 65.9 Å². The number of aromatic nitrogens is 1. The number of unbranched alkanes of at least 4 members (excludes halogenated alkanes) is 1. The van der Waals surface area contributed by atoms with Gasteiger partial charge in [-0.3, -0.25) is 43.5 Å². The smallest absolute Gasteiger partial charge is 0.326 e. The normalized spacial score (nSPS) is 14.2. The standard InChI is InChI=1S/C53H84N16O10/c1-29(2)24-40(47(74)64-38(15-10-22-60-52(56)57)45(72)63-37(14-8-9-21-54)46(73)65-39(51(78)79)16-11-23-61-53(58)59)67-49(76)42(26-32-17-19-34(70)20-18-32)69-48(75)41(25-30(3)4)68-50(77)43(66-44(71)31(5)55)27-33-28-62-36-13-7-6-12-35(33)36/h6-7,12-13,17-20,28-31,37-43,62,70H,8-11,14-16,21-27,54-55H2,1-5H3,(H,63,72)(H,64,74)(H,65,73)(H,66,71)(H,67,76)(H,68,77)(H,69,75)(H,78,79)(H4,56,57,60)(H4,58,59,61)/t31-,37-,38-,39-,40-,41-,42-,43-/m0/s1. The second-order valence-electron chi connectivity index (χ2n) is 20.4. The third-order valence-corrected chi connectivity index (χ3v) is 12.6. The Labute approximate surface area is 460 Å². The van der Waals surface area contributed by atoms with Crippen molar-refractivity contribution >= 4 is 70.1 Å². The van der Waals surface area contributed by atoms with Crippen LogP contribution in [-0.2, 0) is 51.2 Å². The van der Waals surface area contributed by atoms with Gasteiger partial charge in [-0.2, -0.15) is 0 Å². The van der Waals surface area contributed by atoms with Crippen LogP contribution in [0, 0.1) is 11.8 Å². The molecular weight excluding hydrogens is 1020 g/mol. The molecule has 0 saturated heterocycles. The number of aliphatic carboxylic acids is 1. The fraction of sp³-hybridized carbons (Fsp3) is 0.547.